The molecule has 3 rings (SSSR count). The highest BCUT2D eigenvalue weighted by molar-refractivity contribution is 8.03. The summed E-state index contributed by atoms with van der Waals surface area (Å²) in [5.41, 5.74) is 2.99. The van der Waals surface area contributed by atoms with Crippen LogP contribution in [-0.2, 0) is 6.42 Å². The van der Waals surface area contributed by atoms with E-state index < -0.39 is 0 Å². The predicted octanol–water partition coefficient (Wildman–Crippen LogP) is 3.34. The molecule has 0 bridgehead atoms. The van der Waals surface area contributed by atoms with Gasteiger partial charge in [0.25, 0.3) is 0 Å². The fraction of sp³-hybridized carbons (Fsp3) is 0.333. The first-order valence-electron chi connectivity index (χ1n) is 4.86. The summed E-state index contributed by atoms with van der Waals surface area (Å²) >= 11 is 2.05. The first kappa shape index (κ1) is 7.69. The van der Waals surface area contributed by atoms with E-state index in [4.69, 9.17) is 0 Å². The van der Waals surface area contributed by atoms with Gasteiger partial charge in [0.1, 0.15) is 0 Å². The average molecular weight is 188 g/mol. The Balaban J connectivity index is 2.10. The monoisotopic (exact) mass is 188 g/mol. The quantitative estimate of drug-likeness (QED) is 0.601. The lowest BCUT2D eigenvalue weighted by atomic mass is 9.88. The smallest absolute Gasteiger partial charge is 0.00170 e. The number of hydrogen-bond donors (Lipinski definition) is 0. The number of thioether (sulfide) groups is 1. The summed E-state index contributed by atoms with van der Waals surface area (Å²) in [6.07, 6.45) is 5.04. The second-order valence-electron chi connectivity index (χ2n) is 3.78. The molecular formula is C12H12S. The molecule has 13 heavy (non-hydrogen) atoms. The van der Waals surface area contributed by atoms with Gasteiger partial charge in [0.05, 0.1) is 0 Å². The van der Waals surface area contributed by atoms with Crippen LogP contribution in [0.4, 0.5) is 0 Å². The second kappa shape index (κ2) is 2.91. The van der Waals surface area contributed by atoms with E-state index in [9.17, 15) is 0 Å². The zero-order valence-electron chi connectivity index (χ0n) is 7.49. The van der Waals surface area contributed by atoms with Gasteiger partial charge in [-0.15, -0.1) is 11.8 Å². The molecule has 0 N–H and O–H groups in total. The minimum Gasteiger partial charge on any atom is -0.130 e. The summed E-state index contributed by atoms with van der Waals surface area (Å²) in [7, 11) is 0. The molecule has 0 nitrogen and oxygen atoms in total. The number of fused-ring (bicyclic) bond motifs is 2. The Kier molecular flexibility index (Phi) is 1.72. The van der Waals surface area contributed by atoms with E-state index in [0.717, 1.165) is 5.92 Å². The van der Waals surface area contributed by atoms with Gasteiger partial charge in [-0.05, 0) is 46.6 Å². The molecule has 1 aromatic rings. The molecule has 0 spiro atoms. The molecule has 1 aliphatic carbocycles. The van der Waals surface area contributed by atoms with E-state index in [2.05, 4.69) is 42.1 Å². The van der Waals surface area contributed by atoms with E-state index in [0.29, 0.717) is 0 Å². The van der Waals surface area contributed by atoms with Crippen molar-refractivity contribution in [3.05, 3.63) is 40.3 Å². The normalized spacial score (nSPS) is 24.9. The third kappa shape index (κ3) is 1.22. The van der Waals surface area contributed by atoms with Crippen LogP contribution in [-0.4, -0.2) is 5.75 Å². The van der Waals surface area contributed by atoms with Crippen LogP contribution < -0.4 is 0 Å². The molecule has 1 unspecified atom stereocenters. The van der Waals surface area contributed by atoms with Crippen LogP contribution in [0.3, 0.4) is 0 Å². The Morgan fingerprint density at radius 3 is 3.15 bits per heavy atom. The van der Waals surface area contributed by atoms with Gasteiger partial charge < -0.3 is 0 Å². The van der Waals surface area contributed by atoms with Crippen LogP contribution in [0.15, 0.2) is 29.2 Å². The fourth-order valence-electron chi connectivity index (χ4n) is 2.22. The molecule has 1 heteroatoms. The molecule has 0 aromatic heterocycles. The van der Waals surface area contributed by atoms with Gasteiger partial charge in [-0.1, -0.05) is 24.3 Å². The zero-order chi connectivity index (χ0) is 8.67. The first-order chi connectivity index (χ1) is 6.43. The van der Waals surface area contributed by atoms with E-state index in [1.54, 1.807) is 10.5 Å². The van der Waals surface area contributed by atoms with Crippen molar-refractivity contribution in [2.45, 2.75) is 12.8 Å². The minimum absolute atomic E-state index is 0.847. The Morgan fingerprint density at radius 1 is 1.23 bits per heavy atom. The highest BCUT2D eigenvalue weighted by atomic mass is 32.2. The highest BCUT2D eigenvalue weighted by Crippen LogP contribution is 2.42. The maximum Gasteiger partial charge on any atom is -0.00170 e. The lowest BCUT2D eigenvalue weighted by Gasteiger charge is -2.18. The van der Waals surface area contributed by atoms with Gasteiger partial charge in [0.15, 0.2) is 0 Å². The third-order valence-electron chi connectivity index (χ3n) is 2.96. The van der Waals surface area contributed by atoms with Crippen LogP contribution in [0.2, 0.25) is 0 Å². The van der Waals surface area contributed by atoms with E-state index in [-0.39, 0.29) is 0 Å². The molecule has 2 aliphatic rings. The van der Waals surface area contributed by atoms with Crippen LogP contribution in [0.5, 0.6) is 0 Å². The summed E-state index contributed by atoms with van der Waals surface area (Å²) in [6.45, 7) is 0. The molecule has 0 saturated carbocycles. The molecule has 1 saturated heterocycles. The lowest BCUT2D eigenvalue weighted by molar-refractivity contribution is 0.634. The maximum atomic E-state index is 2.39. The molecule has 1 fully saturated rings. The number of rotatable bonds is 0. The summed E-state index contributed by atoms with van der Waals surface area (Å²) in [5.74, 6) is 2.17. The molecule has 1 aromatic carbocycles. The molecule has 1 heterocycles. The standard InChI is InChI=1S/C12H12S/c1-2-4-10-8-12-11(5-6-13-12)7-9(10)3-1/h1-4,8,11H,5-7H2. The molecule has 1 atom stereocenters. The summed E-state index contributed by atoms with van der Waals surface area (Å²) in [6, 6.07) is 8.79. The zero-order valence-corrected chi connectivity index (χ0v) is 8.31. The molecule has 0 amide bonds. The average Bonchev–Trinajstić information content (AvgIpc) is 2.61. The van der Waals surface area contributed by atoms with Gasteiger partial charge in [0, 0.05) is 0 Å². The van der Waals surface area contributed by atoms with Crippen molar-refractivity contribution in [1.82, 2.24) is 0 Å². The van der Waals surface area contributed by atoms with E-state index in [1.165, 1.54) is 24.2 Å². The molecular weight excluding hydrogens is 176 g/mol. The van der Waals surface area contributed by atoms with Crippen LogP contribution in [0.25, 0.3) is 6.08 Å². The Bertz CT molecular complexity index is 365. The fourth-order valence-corrected chi connectivity index (χ4v) is 3.51. The molecule has 1 aliphatic heterocycles. The van der Waals surface area contributed by atoms with Crippen molar-refractivity contribution >= 4 is 17.8 Å². The minimum atomic E-state index is 0.847. The maximum absolute atomic E-state index is 2.39. The van der Waals surface area contributed by atoms with Crippen LogP contribution in [0, 0.1) is 5.92 Å². The first-order valence-corrected chi connectivity index (χ1v) is 5.84. The Hall–Kier alpha value is -0.690. The Morgan fingerprint density at radius 2 is 2.15 bits per heavy atom. The van der Waals surface area contributed by atoms with Crippen LogP contribution in [0.1, 0.15) is 17.5 Å². The number of allylic oxidation sites excluding steroid dienone is 1. The van der Waals surface area contributed by atoms with Crippen molar-refractivity contribution in [2.75, 3.05) is 5.75 Å². The van der Waals surface area contributed by atoms with E-state index in [1.807, 2.05) is 0 Å². The van der Waals surface area contributed by atoms with Crippen LogP contribution >= 0.6 is 11.8 Å². The van der Waals surface area contributed by atoms with Crippen molar-refractivity contribution in [1.29, 1.82) is 0 Å². The SMILES string of the molecule is C1=C2SCCC2Cc2ccccc21. The molecule has 66 valence electrons. The van der Waals surface area contributed by atoms with Crippen molar-refractivity contribution in [3.63, 3.8) is 0 Å². The Labute approximate surface area is 83.0 Å². The van der Waals surface area contributed by atoms with Crippen molar-refractivity contribution < 1.29 is 0 Å². The third-order valence-corrected chi connectivity index (χ3v) is 4.18. The number of benzene rings is 1. The van der Waals surface area contributed by atoms with E-state index >= 15 is 0 Å². The second-order valence-corrected chi connectivity index (χ2v) is 4.95. The van der Waals surface area contributed by atoms with Gasteiger partial charge in [-0.3, -0.25) is 0 Å². The van der Waals surface area contributed by atoms with Crippen molar-refractivity contribution in [3.8, 4) is 0 Å². The lowest BCUT2D eigenvalue weighted by Crippen LogP contribution is -2.07. The topological polar surface area (TPSA) is 0 Å². The molecule has 0 radical (unpaired) electrons. The predicted molar refractivity (Wildman–Crippen MR) is 58.7 cm³/mol. The van der Waals surface area contributed by atoms with Gasteiger partial charge in [0.2, 0.25) is 0 Å². The highest BCUT2D eigenvalue weighted by Gasteiger charge is 2.25. The summed E-state index contributed by atoms with van der Waals surface area (Å²) in [5, 5.41) is 0. The van der Waals surface area contributed by atoms with Gasteiger partial charge in [-0.2, -0.15) is 0 Å². The van der Waals surface area contributed by atoms with Crippen molar-refractivity contribution in [2.24, 2.45) is 5.92 Å². The van der Waals surface area contributed by atoms with Gasteiger partial charge in [-0.25, -0.2) is 0 Å². The summed E-state index contributed by atoms with van der Waals surface area (Å²) in [4.78, 5) is 1.62. The number of hydrogen-bond acceptors (Lipinski definition) is 1. The summed E-state index contributed by atoms with van der Waals surface area (Å²) < 4.78 is 0. The van der Waals surface area contributed by atoms with Gasteiger partial charge >= 0.3 is 0 Å². The largest absolute Gasteiger partial charge is 0.130 e.